The molecule has 1 fully saturated rings. The van der Waals surface area contributed by atoms with Crippen molar-refractivity contribution in [2.24, 2.45) is 7.05 Å². The molecule has 0 spiro atoms. The molecule has 8 heteroatoms. The number of aromatic nitrogens is 2. The summed E-state index contributed by atoms with van der Waals surface area (Å²) in [6.07, 6.45) is 5.68. The number of aryl methyl sites for hydroxylation is 2. The van der Waals surface area contributed by atoms with Crippen LogP contribution >= 0.6 is 0 Å². The lowest BCUT2D eigenvalue weighted by Crippen LogP contribution is -2.46. The predicted molar refractivity (Wildman–Crippen MR) is 185 cm³/mol. The normalized spacial score (nSPS) is 14.0. The Morgan fingerprint density at radius 2 is 1.67 bits per heavy atom. The van der Waals surface area contributed by atoms with Crippen LogP contribution in [-0.4, -0.2) is 64.5 Å². The molecule has 3 aromatic carbocycles. The Labute approximate surface area is 267 Å². The summed E-state index contributed by atoms with van der Waals surface area (Å²) in [6, 6.07) is 21.8. The Morgan fingerprint density at radius 3 is 2.44 bits per heavy atom. The van der Waals surface area contributed by atoms with Gasteiger partial charge in [-0.1, -0.05) is 62.7 Å². The van der Waals surface area contributed by atoms with Crippen molar-refractivity contribution in [1.82, 2.24) is 19.4 Å². The molecule has 1 saturated heterocycles. The van der Waals surface area contributed by atoms with Crippen LogP contribution in [0.3, 0.4) is 0 Å². The number of unbranched alkanes of at least 4 members (excludes halogenated alkanes) is 1. The van der Waals surface area contributed by atoms with Crippen molar-refractivity contribution in [3.05, 3.63) is 106 Å². The number of nitrogens with one attached hydrogen (secondary N) is 2. The second-order valence-corrected chi connectivity index (χ2v) is 11.9. The van der Waals surface area contributed by atoms with Gasteiger partial charge in [-0.2, -0.15) is 0 Å². The first-order valence-electron chi connectivity index (χ1n) is 16.2. The van der Waals surface area contributed by atoms with E-state index in [4.69, 9.17) is 4.98 Å². The molecular formula is C37H46N6O2. The van der Waals surface area contributed by atoms with Crippen LogP contribution in [0.5, 0.6) is 0 Å². The maximum Gasteiger partial charge on any atom is 0.293 e. The quantitative estimate of drug-likeness (QED) is 0.198. The number of anilines is 3. The summed E-state index contributed by atoms with van der Waals surface area (Å²) in [5.41, 5.74) is 6.72. The van der Waals surface area contributed by atoms with Crippen molar-refractivity contribution in [3.63, 3.8) is 0 Å². The van der Waals surface area contributed by atoms with Crippen molar-refractivity contribution >= 4 is 23.1 Å². The van der Waals surface area contributed by atoms with Gasteiger partial charge in [-0.05, 0) is 73.7 Å². The number of amides is 1. The SMILES string of the molecule is CCCCc1ccccc1C(=O)Nc1cccc(-c2cn(C)c(=O)c(Nc3cccc(CCN4CCN(CC)CC4)c3)n2)c1C. The van der Waals surface area contributed by atoms with Crippen LogP contribution in [0.25, 0.3) is 11.3 Å². The fourth-order valence-electron chi connectivity index (χ4n) is 5.94. The molecule has 0 radical (unpaired) electrons. The van der Waals surface area contributed by atoms with Gasteiger partial charge in [0.05, 0.1) is 5.69 Å². The Kier molecular flexibility index (Phi) is 10.8. The second kappa shape index (κ2) is 15.1. The van der Waals surface area contributed by atoms with E-state index in [2.05, 4.69) is 46.4 Å². The van der Waals surface area contributed by atoms with E-state index >= 15 is 0 Å². The second-order valence-electron chi connectivity index (χ2n) is 11.9. The minimum Gasteiger partial charge on any atom is -0.336 e. The van der Waals surface area contributed by atoms with Gasteiger partial charge in [0.25, 0.3) is 11.5 Å². The van der Waals surface area contributed by atoms with Crippen LogP contribution in [0.15, 0.2) is 77.7 Å². The number of hydrogen-bond donors (Lipinski definition) is 2. The number of carbonyl (C=O) groups excluding carboxylic acids is 1. The molecule has 1 aliphatic heterocycles. The van der Waals surface area contributed by atoms with E-state index < -0.39 is 0 Å². The van der Waals surface area contributed by atoms with E-state index in [0.717, 1.165) is 93.0 Å². The number of likely N-dealkylation sites (N-methyl/N-ethyl adjacent to an activating group) is 1. The van der Waals surface area contributed by atoms with Gasteiger partial charge in [0, 0.05) is 68.5 Å². The van der Waals surface area contributed by atoms with Gasteiger partial charge in [-0.25, -0.2) is 4.98 Å². The van der Waals surface area contributed by atoms with Gasteiger partial charge in [-0.15, -0.1) is 0 Å². The average Bonchev–Trinajstić information content (AvgIpc) is 3.06. The number of piperazine rings is 1. The van der Waals surface area contributed by atoms with E-state index in [-0.39, 0.29) is 17.3 Å². The summed E-state index contributed by atoms with van der Waals surface area (Å²) in [5.74, 6) is 0.141. The number of rotatable bonds is 12. The summed E-state index contributed by atoms with van der Waals surface area (Å²) in [5, 5.41) is 6.42. The van der Waals surface area contributed by atoms with Gasteiger partial charge in [0.1, 0.15) is 0 Å². The highest BCUT2D eigenvalue weighted by molar-refractivity contribution is 6.06. The van der Waals surface area contributed by atoms with Crippen molar-refractivity contribution in [1.29, 1.82) is 0 Å². The molecule has 1 aromatic heterocycles. The average molecular weight is 607 g/mol. The standard InChI is InChI=1S/C37H46N6O2/c1-5-7-13-29-14-8-9-16-32(29)36(44)40-33-18-11-17-31(27(33)3)34-26-41(4)37(45)35(39-34)38-30-15-10-12-28(25-30)19-20-43-23-21-42(6-2)22-24-43/h8-12,14-18,25-26H,5-7,13,19-24H2,1-4H3,(H,38,39)(H,40,44). The molecule has 0 saturated carbocycles. The van der Waals surface area contributed by atoms with Gasteiger partial charge in [0.2, 0.25) is 0 Å². The molecule has 0 aliphatic carbocycles. The third-order valence-corrected chi connectivity index (χ3v) is 8.81. The zero-order chi connectivity index (χ0) is 31.8. The third-order valence-electron chi connectivity index (χ3n) is 8.81. The molecule has 0 unspecified atom stereocenters. The van der Waals surface area contributed by atoms with Crippen molar-refractivity contribution in [3.8, 4) is 11.3 Å². The zero-order valence-corrected chi connectivity index (χ0v) is 27.1. The largest absolute Gasteiger partial charge is 0.336 e. The fourth-order valence-corrected chi connectivity index (χ4v) is 5.94. The van der Waals surface area contributed by atoms with Crippen LogP contribution < -0.4 is 16.2 Å². The highest BCUT2D eigenvalue weighted by atomic mass is 16.1. The van der Waals surface area contributed by atoms with Gasteiger partial charge >= 0.3 is 0 Å². The number of hydrogen-bond acceptors (Lipinski definition) is 6. The fraction of sp³-hybridized carbons (Fsp3) is 0.378. The molecule has 2 N–H and O–H groups in total. The first kappa shape index (κ1) is 32.1. The van der Waals surface area contributed by atoms with E-state index in [0.29, 0.717) is 11.3 Å². The Balaban J connectivity index is 1.32. The Bertz CT molecular complexity index is 1670. The lowest BCUT2D eigenvalue weighted by Gasteiger charge is -2.34. The summed E-state index contributed by atoms with van der Waals surface area (Å²) in [7, 11) is 1.74. The Hall–Kier alpha value is -4.27. The molecule has 8 nitrogen and oxygen atoms in total. The summed E-state index contributed by atoms with van der Waals surface area (Å²) >= 11 is 0. The van der Waals surface area contributed by atoms with Crippen LogP contribution in [0.2, 0.25) is 0 Å². The van der Waals surface area contributed by atoms with Gasteiger partial charge in [-0.3, -0.25) is 9.59 Å². The van der Waals surface area contributed by atoms with E-state index in [1.807, 2.05) is 61.5 Å². The van der Waals surface area contributed by atoms with Crippen molar-refractivity contribution in [2.45, 2.75) is 46.5 Å². The number of benzene rings is 3. The first-order chi connectivity index (χ1) is 21.9. The van der Waals surface area contributed by atoms with Gasteiger partial charge in [0.15, 0.2) is 5.82 Å². The molecular weight excluding hydrogens is 560 g/mol. The third kappa shape index (κ3) is 8.07. The minimum absolute atomic E-state index is 0.124. The molecule has 0 atom stereocenters. The molecule has 2 heterocycles. The molecule has 5 rings (SSSR count). The van der Waals surface area contributed by atoms with E-state index in [1.54, 1.807) is 17.8 Å². The Morgan fingerprint density at radius 1 is 0.911 bits per heavy atom. The lowest BCUT2D eigenvalue weighted by molar-refractivity contribution is 0.102. The maximum absolute atomic E-state index is 13.4. The van der Waals surface area contributed by atoms with Crippen LogP contribution in [0.4, 0.5) is 17.2 Å². The number of nitrogens with zero attached hydrogens (tertiary/aromatic N) is 4. The smallest absolute Gasteiger partial charge is 0.293 e. The van der Waals surface area contributed by atoms with Crippen LogP contribution in [0.1, 0.15) is 53.7 Å². The van der Waals surface area contributed by atoms with Crippen molar-refractivity contribution in [2.75, 3.05) is 49.9 Å². The molecule has 45 heavy (non-hydrogen) atoms. The lowest BCUT2D eigenvalue weighted by atomic mass is 10.0. The minimum atomic E-state index is -0.205. The molecule has 236 valence electrons. The monoisotopic (exact) mass is 606 g/mol. The first-order valence-corrected chi connectivity index (χ1v) is 16.2. The maximum atomic E-state index is 13.4. The predicted octanol–water partition coefficient (Wildman–Crippen LogP) is 6.27. The highest BCUT2D eigenvalue weighted by Crippen LogP contribution is 2.29. The van der Waals surface area contributed by atoms with Gasteiger partial charge < -0.3 is 25.0 Å². The highest BCUT2D eigenvalue weighted by Gasteiger charge is 2.17. The van der Waals surface area contributed by atoms with Crippen LogP contribution in [-0.2, 0) is 19.9 Å². The summed E-state index contributed by atoms with van der Waals surface area (Å²) in [4.78, 5) is 36.3. The van der Waals surface area contributed by atoms with E-state index in [9.17, 15) is 9.59 Å². The number of carbonyl (C=O) groups is 1. The molecule has 1 aliphatic rings. The topological polar surface area (TPSA) is 82.5 Å². The molecule has 1 amide bonds. The van der Waals surface area contributed by atoms with E-state index in [1.165, 1.54) is 5.56 Å². The summed E-state index contributed by atoms with van der Waals surface area (Å²) < 4.78 is 1.55. The van der Waals surface area contributed by atoms with Crippen LogP contribution in [0, 0.1) is 6.92 Å². The molecule has 0 bridgehead atoms. The summed E-state index contributed by atoms with van der Waals surface area (Å²) in [6.45, 7) is 13.0. The zero-order valence-electron chi connectivity index (χ0n) is 27.1. The van der Waals surface area contributed by atoms with Crippen molar-refractivity contribution < 1.29 is 4.79 Å². The molecule has 4 aromatic rings.